The quantitative estimate of drug-likeness (QED) is 0.250. The molecule has 0 heterocycles. The van der Waals surface area contributed by atoms with Gasteiger partial charge in [-0.15, -0.1) is 0 Å². The van der Waals surface area contributed by atoms with Crippen molar-refractivity contribution in [1.29, 1.82) is 0 Å². The molecule has 1 atom stereocenters. The molecule has 4 nitrogen and oxygen atoms in total. The number of unbranched alkanes of at least 4 members (excludes halogenated alkanes) is 1. The van der Waals surface area contributed by atoms with E-state index in [1.165, 1.54) is 0 Å². The highest BCUT2D eigenvalue weighted by atomic mass is 31.2. The molecule has 0 amide bonds. The van der Waals surface area contributed by atoms with Gasteiger partial charge in [-0.2, -0.15) is 9.64 Å². The average Bonchev–Trinajstić information content (AvgIpc) is 2.72. The molecule has 0 saturated heterocycles. The van der Waals surface area contributed by atoms with Gasteiger partial charge in [0.25, 0.3) is 0 Å². The lowest BCUT2D eigenvalue weighted by atomic mass is 9.79. The zero-order valence-corrected chi connectivity index (χ0v) is 18.5. The van der Waals surface area contributed by atoms with Crippen molar-refractivity contribution in [3.63, 3.8) is 0 Å². The van der Waals surface area contributed by atoms with Crippen LogP contribution in [0.2, 0.25) is 0 Å². The Labute approximate surface area is 169 Å². The van der Waals surface area contributed by atoms with Crippen molar-refractivity contribution in [1.82, 2.24) is 5.25 Å². The Balaban J connectivity index is 0.00000190. The number of hydrogen-bond acceptors (Lipinski definition) is 4. The summed E-state index contributed by atoms with van der Waals surface area (Å²) in [5.74, 6) is -0.881. The van der Waals surface area contributed by atoms with Gasteiger partial charge in [0.15, 0.2) is 11.6 Å². The van der Waals surface area contributed by atoms with Gasteiger partial charge in [-0.25, -0.2) is 4.39 Å². The van der Waals surface area contributed by atoms with E-state index in [0.717, 1.165) is 32.1 Å². The Bertz CT molecular complexity index is 555. The van der Waals surface area contributed by atoms with Crippen LogP contribution < -0.4 is 9.99 Å². The Kier molecular flexibility index (Phi) is 12.8. The van der Waals surface area contributed by atoms with E-state index in [4.69, 9.17) is 14.5 Å². The van der Waals surface area contributed by atoms with Crippen LogP contribution >= 0.6 is 8.30 Å². The molecule has 1 fully saturated rings. The van der Waals surface area contributed by atoms with Gasteiger partial charge in [0.05, 0.1) is 6.61 Å². The van der Waals surface area contributed by atoms with Crippen LogP contribution in [0.3, 0.4) is 0 Å². The third kappa shape index (κ3) is 7.90. The monoisotopic (exact) mass is 419 g/mol. The maximum atomic E-state index is 14.5. The van der Waals surface area contributed by atoms with Crippen molar-refractivity contribution < 1.29 is 23.2 Å². The summed E-state index contributed by atoms with van der Waals surface area (Å²) in [6.07, 6.45) is 6.09. The molecule has 7 heteroatoms. The molecule has 0 radical (unpaired) electrons. The van der Waals surface area contributed by atoms with Crippen LogP contribution in [0.25, 0.3) is 0 Å². The van der Waals surface area contributed by atoms with Crippen molar-refractivity contribution in [2.24, 2.45) is 5.92 Å². The average molecular weight is 419 g/mol. The third-order valence-corrected chi connectivity index (χ3v) is 6.46. The minimum absolute atomic E-state index is 0.0252. The predicted octanol–water partition coefficient (Wildman–Crippen LogP) is 6.77. The second-order valence-corrected chi connectivity index (χ2v) is 8.58. The van der Waals surface area contributed by atoms with Crippen molar-refractivity contribution in [2.45, 2.75) is 72.1 Å². The van der Waals surface area contributed by atoms with E-state index in [1.54, 1.807) is 12.1 Å². The van der Waals surface area contributed by atoms with Crippen LogP contribution in [0.4, 0.5) is 8.78 Å². The smallest absolute Gasteiger partial charge is 0.200 e. The molecule has 0 spiro atoms. The van der Waals surface area contributed by atoms with E-state index >= 15 is 0 Å². The Hall–Kier alpha value is -0.810. The first-order chi connectivity index (χ1) is 13.6. The van der Waals surface area contributed by atoms with E-state index in [1.807, 2.05) is 20.8 Å². The van der Waals surface area contributed by atoms with E-state index < -0.39 is 19.9 Å². The summed E-state index contributed by atoms with van der Waals surface area (Å²) in [7, 11) is -1.04. The van der Waals surface area contributed by atoms with E-state index in [0.29, 0.717) is 37.3 Å². The van der Waals surface area contributed by atoms with Crippen molar-refractivity contribution in [3.8, 4) is 5.75 Å². The highest BCUT2D eigenvalue weighted by Crippen LogP contribution is 2.38. The fourth-order valence-corrected chi connectivity index (χ4v) is 4.49. The standard InChI is InChI=1S/C19H30F2NO3P.C2H6/c1-3-25-26(22-23)13-5-4-12-24-17-11-10-16(18(20)19(17)21)15-8-6-14(2)7-9-15;1-2/h10-11,14-15,22-23H,3-9,12-13H2,1-2H3;1-2H3. The van der Waals surface area contributed by atoms with Gasteiger partial charge in [0.1, 0.15) is 8.30 Å². The van der Waals surface area contributed by atoms with E-state index in [2.05, 4.69) is 12.2 Å². The highest BCUT2D eigenvalue weighted by molar-refractivity contribution is 7.50. The summed E-state index contributed by atoms with van der Waals surface area (Å²) >= 11 is 0. The van der Waals surface area contributed by atoms with Gasteiger partial charge in [-0.3, -0.25) is 0 Å². The summed E-state index contributed by atoms with van der Waals surface area (Å²) in [5, 5.41) is 11.1. The minimum Gasteiger partial charge on any atom is -0.490 e. The predicted molar refractivity (Wildman–Crippen MR) is 111 cm³/mol. The Morgan fingerprint density at radius 2 is 1.79 bits per heavy atom. The Morgan fingerprint density at radius 1 is 1.11 bits per heavy atom. The SMILES string of the molecule is CC.CCOP(CCCCOc1ccc(C2CCC(C)CC2)c(F)c1F)NO. The molecule has 1 unspecified atom stereocenters. The molecule has 1 aliphatic carbocycles. The molecule has 0 bridgehead atoms. The summed E-state index contributed by atoms with van der Waals surface area (Å²) < 4.78 is 39.5. The molecule has 2 rings (SSSR count). The number of ether oxygens (including phenoxy) is 1. The van der Waals surface area contributed by atoms with Gasteiger partial charge in [-0.1, -0.05) is 39.7 Å². The van der Waals surface area contributed by atoms with Gasteiger partial charge in [-0.05, 0) is 56.1 Å². The first kappa shape index (κ1) is 25.2. The van der Waals surface area contributed by atoms with Gasteiger partial charge >= 0.3 is 0 Å². The summed E-state index contributed by atoms with van der Waals surface area (Å²) in [6, 6.07) is 3.23. The molecule has 1 aromatic carbocycles. The van der Waals surface area contributed by atoms with Gasteiger partial charge in [0, 0.05) is 12.8 Å². The molecule has 1 aliphatic rings. The molecule has 2 N–H and O–H groups in total. The van der Waals surface area contributed by atoms with Crippen molar-refractivity contribution >= 4 is 8.30 Å². The minimum atomic E-state index is -1.04. The highest BCUT2D eigenvalue weighted by Gasteiger charge is 2.25. The van der Waals surface area contributed by atoms with Crippen LogP contribution in [0.1, 0.15) is 77.7 Å². The van der Waals surface area contributed by atoms with Gasteiger partial charge in [0.2, 0.25) is 5.82 Å². The first-order valence-electron chi connectivity index (χ1n) is 10.5. The number of nitrogens with one attached hydrogen (secondary N) is 1. The molecule has 1 aromatic rings. The number of rotatable bonds is 10. The van der Waals surface area contributed by atoms with Crippen LogP contribution in [0.15, 0.2) is 12.1 Å². The molecule has 0 aliphatic heterocycles. The van der Waals surface area contributed by atoms with Crippen LogP contribution in [-0.4, -0.2) is 24.6 Å². The molecular formula is C21H36F2NO3P. The molecular weight excluding hydrogens is 383 g/mol. The topological polar surface area (TPSA) is 50.7 Å². The molecule has 28 heavy (non-hydrogen) atoms. The number of halogens is 2. The van der Waals surface area contributed by atoms with Crippen LogP contribution in [-0.2, 0) is 4.52 Å². The summed E-state index contributed by atoms with van der Waals surface area (Å²) in [5.41, 5.74) is 0.484. The second-order valence-electron chi connectivity index (χ2n) is 6.91. The second kappa shape index (κ2) is 14.2. The fraction of sp³-hybridized carbons (Fsp3) is 0.714. The number of hydrogen-bond donors (Lipinski definition) is 2. The number of benzene rings is 1. The largest absolute Gasteiger partial charge is 0.490 e. The molecule has 1 saturated carbocycles. The van der Waals surface area contributed by atoms with Gasteiger partial charge < -0.3 is 14.5 Å². The normalized spacial score (nSPS) is 20.2. The van der Waals surface area contributed by atoms with Crippen LogP contribution in [0, 0.1) is 17.6 Å². The Morgan fingerprint density at radius 3 is 2.39 bits per heavy atom. The lowest BCUT2D eigenvalue weighted by Gasteiger charge is -2.27. The third-order valence-electron chi connectivity index (χ3n) is 4.94. The lowest BCUT2D eigenvalue weighted by molar-refractivity contribution is 0.224. The summed E-state index contributed by atoms with van der Waals surface area (Å²) in [4.78, 5) is 0. The summed E-state index contributed by atoms with van der Waals surface area (Å²) in [6.45, 7) is 8.91. The van der Waals surface area contributed by atoms with Crippen molar-refractivity contribution in [2.75, 3.05) is 19.4 Å². The van der Waals surface area contributed by atoms with Crippen LogP contribution in [0.5, 0.6) is 5.75 Å². The lowest BCUT2D eigenvalue weighted by Crippen LogP contribution is -2.13. The zero-order chi connectivity index (χ0) is 20.9. The fourth-order valence-electron chi connectivity index (χ4n) is 3.38. The maximum Gasteiger partial charge on any atom is 0.200 e. The molecule has 162 valence electrons. The maximum absolute atomic E-state index is 14.5. The van der Waals surface area contributed by atoms with Crippen molar-refractivity contribution in [3.05, 3.63) is 29.3 Å². The first-order valence-corrected chi connectivity index (χ1v) is 11.9. The zero-order valence-electron chi connectivity index (χ0n) is 17.6. The molecule has 0 aromatic heterocycles. The van der Waals surface area contributed by atoms with E-state index in [-0.39, 0.29) is 11.7 Å². The van der Waals surface area contributed by atoms with E-state index in [9.17, 15) is 8.78 Å².